The Kier molecular flexibility index (Phi) is 5.03. The van der Waals surface area contributed by atoms with Gasteiger partial charge in [0, 0.05) is 24.8 Å². The van der Waals surface area contributed by atoms with Crippen molar-refractivity contribution in [2.24, 2.45) is 23.5 Å². The van der Waals surface area contributed by atoms with E-state index < -0.39 is 0 Å². The second-order valence-electron chi connectivity index (χ2n) is 6.40. The molecular formula is C17H27FN2. The standard InChI is InChI=1S/C17H27FN2/c1-4-20(15-7-5-6-14(18)10-15)11-16-13(3)8-12(2)9-17(16)19/h5-7,10,12-13,16-17H,4,8-9,11,19H2,1-3H3. The molecule has 4 atom stereocenters. The second-order valence-corrected chi connectivity index (χ2v) is 6.40. The Bertz CT molecular complexity index is 423. The first kappa shape index (κ1) is 15.3. The van der Waals surface area contributed by atoms with Gasteiger partial charge in [-0.15, -0.1) is 0 Å². The van der Waals surface area contributed by atoms with Crippen LogP contribution < -0.4 is 10.6 Å². The minimum atomic E-state index is -0.171. The number of anilines is 1. The van der Waals surface area contributed by atoms with Gasteiger partial charge >= 0.3 is 0 Å². The van der Waals surface area contributed by atoms with Gasteiger partial charge in [0.05, 0.1) is 0 Å². The van der Waals surface area contributed by atoms with E-state index in [0.29, 0.717) is 11.8 Å². The summed E-state index contributed by atoms with van der Waals surface area (Å²) >= 11 is 0. The van der Waals surface area contributed by atoms with E-state index in [4.69, 9.17) is 5.73 Å². The molecule has 0 aromatic heterocycles. The zero-order valence-corrected chi connectivity index (χ0v) is 12.8. The topological polar surface area (TPSA) is 29.3 Å². The number of nitrogens with two attached hydrogens (primary N) is 1. The zero-order valence-electron chi connectivity index (χ0n) is 12.8. The third kappa shape index (κ3) is 3.51. The molecule has 0 radical (unpaired) electrons. The SMILES string of the molecule is CCN(CC1C(C)CC(C)CC1N)c1cccc(F)c1. The molecule has 1 aromatic rings. The third-order valence-electron chi connectivity index (χ3n) is 4.72. The highest BCUT2D eigenvalue weighted by Crippen LogP contribution is 2.34. The van der Waals surface area contributed by atoms with Gasteiger partial charge in [0.25, 0.3) is 0 Å². The van der Waals surface area contributed by atoms with Crippen LogP contribution in [-0.2, 0) is 0 Å². The van der Waals surface area contributed by atoms with Gasteiger partial charge in [-0.1, -0.05) is 19.9 Å². The quantitative estimate of drug-likeness (QED) is 0.910. The number of nitrogens with zero attached hydrogens (tertiary/aromatic N) is 1. The van der Waals surface area contributed by atoms with Crippen LogP contribution in [0.2, 0.25) is 0 Å². The lowest BCUT2D eigenvalue weighted by Gasteiger charge is -2.40. The van der Waals surface area contributed by atoms with Crippen LogP contribution in [0.3, 0.4) is 0 Å². The van der Waals surface area contributed by atoms with Crippen LogP contribution in [0.4, 0.5) is 10.1 Å². The van der Waals surface area contributed by atoms with Gasteiger partial charge in [0.15, 0.2) is 0 Å². The number of halogens is 1. The Morgan fingerprint density at radius 3 is 2.65 bits per heavy atom. The molecule has 2 N–H and O–H groups in total. The van der Waals surface area contributed by atoms with Gasteiger partial charge in [-0.25, -0.2) is 4.39 Å². The van der Waals surface area contributed by atoms with E-state index in [2.05, 4.69) is 25.7 Å². The molecule has 0 saturated heterocycles. The van der Waals surface area contributed by atoms with Crippen molar-refractivity contribution in [3.05, 3.63) is 30.1 Å². The Balaban J connectivity index is 2.09. The maximum atomic E-state index is 13.4. The van der Waals surface area contributed by atoms with Crippen molar-refractivity contribution < 1.29 is 4.39 Å². The number of hydrogen-bond acceptors (Lipinski definition) is 2. The van der Waals surface area contributed by atoms with Gasteiger partial charge < -0.3 is 10.6 Å². The number of hydrogen-bond donors (Lipinski definition) is 1. The van der Waals surface area contributed by atoms with E-state index in [0.717, 1.165) is 31.1 Å². The predicted octanol–water partition coefficient (Wildman–Crippen LogP) is 3.66. The van der Waals surface area contributed by atoms with Crippen LogP contribution in [0.25, 0.3) is 0 Å². The molecule has 1 saturated carbocycles. The Labute approximate surface area is 122 Å². The van der Waals surface area contributed by atoms with Crippen LogP contribution in [0.15, 0.2) is 24.3 Å². The van der Waals surface area contributed by atoms with E-state index in [9.17, 15) is 4.39 Å². The Hall–Kier alpha value is -1.09. The normalized spacial score (nSPS) is 30.2. The molecule has 3 heteroatoms. The Morgan fingerprint density at radius 1 is 1.30 bits per heavy atom. The smallest absolute Gasteiger partial charge is 0.125 e. The van der Waals surface area contributed by atoms with Gasteiger partial charge in [0.2, 0.25) is 0 Å². The van der Waals surface area contributed by atoms with Crippen molar-refractivity contribution in [2.75, 3.05) is 18.0 Å². The summed E-state index contributed by atoms with van der Waals surface area (Å²) in [4.78, 5) is 2.25. The fourth-order valence-corrected chi connectivity index (χ4v) is 3.63. The maximum absolute atomic E-state index is 13.4. The molecule has 112 valence electrons. The van der Waals surface area contributed by atoms with Crippen LogP contribution >= 0.6 is 0 Å². The highest BCUT2D eigenvalue weighted by Gasteiger charge is 2.32. The summed E-state index contributed by atoms with van der Waals surface area (Å²) in [5, 5.41) is 0. The summed E-state index contributed by atoms with van der Waals surface area (Å²) in [7, 11) is 0. The van der Waals surface area contributed by atoms with Crippen LogP contribution in [0.1, 0.15) is 33.6 Å². The second kappa shape index (κ2) is 6.57. The monoisotopic (exact) mass is 278 g/mol. The van der Waals surface area contributed by atoms with E-state index in [-0.39, 0.29) is 11.9 Å². The minimum Gasteiger partial charge on any atom is -0.371 e. The molecule has 1 aromatic carbocycles. The first-order valence-electron chi connectivity index (χ1n) is 7.77. The molecule has 2 nitrogen and oxygen atoms in total. The van der Waals surface area contributed by atoms with Crippen molar-refractivity contribution in [2.45, 2.75) is 39.7 Å². The lowest BCUT2D eigenvalue weighted by Crippen LogP contribution is -2.46. The third-order valence-corrected chi connectivity index (χ3v) is 4.72. The molecule has 0 heterocycles. The van der Waals surface area contributed by atoms with E-state index in [1.807, 2.05) is 6.07 Å². The number of benzene rings is 1. The van der Waals surface area contributed by atoms with Crippen LogP contribution in [0.5, 0.6) is 0 Å². The summed E-state index contributed by atoms with van der Waals surface area (Å²) in [6, 6.07) is 7.13. The molecule has 0 spiro atoms. The molecule has 2 rings (SSSR count). The van der Waals surface area contributed by atoms with Gasteiger partial charge in [0.1, 0.15) is 5.82 Å². The first-order valence-corrected chi connectivity index (χ1v) is 7.77. The molecule has 0 amide bonds. The van der Waals surface area contributed by atoms with Crippen molar-refractivity contribution in [3.63, 3.8) is 0 Å². The summed E-state index contributed by atoms with van der Waals surface area (Å²) in [5.41, 5.74) is 7.33. The Morgan fingerprint density at radius 2 is 2.05 bits per heavy atom. The first-order chi connectivity index (χ1) is 9.51. The molecule has 4 unspecified atom stereocenters. The molecule has 1 aliphatic carbocycles. The van der Waals surface area contributed by atoms with Crippen molar-refractivity contribution in [1.29, 1.82) is 0 Å². The van der Waals surface area contributed by atoms with E-state index in [1.165, 1.54) is 12.5 Å². The fraction of sp³-hybridized carbons (Fsp3) is 0.647. The largest absolute Gasteiger partial charge is 0.371 e. The lowest BCUT2D eigenvalue weighted by molar-refractivity contribution is 0.177. The van der Waals surface area contributed by atoms with Crippen molar-refractivity contribution >= 4 is 5.69 Å². The highest BCUT2D eigenvalue weighted by molar-refractivity contribution is 5.46. The van der Waals surface area contributed by atoms with E-state index in [1.54, 1.807) is 12.1 Å². The van der Waals surface area contributed by atoms with Crippen molar-refractivity contribution in [3.8, 4) is 0 Å². The highest BCUT2D eigenvalue weighted by atomic mass is 19.1. The van der Waals surface area contributed by atoms with Crippen molar-refractivity contribution in [1.82, 2.24) is 0 Å². The molecule has 1 aliphatic rings. The minimum absolute atomic E-state index is 0.171. The zero-order chi connectivity index (χ0) is 14.7. The van der Waals surface area contributed by atoms with Crippen LogP contribution in [0, 0.1) is 23.6 Å². The average molecular weight is 278 g/mol. The van der Waals surface area contributed by atoms with Gasteiger partial charge in [-0.3, -0.25) is 0 Å². The van der Waals surface area contributed by atoms with E-state index >= 15 is 0 Å². The summed E-state index contributed by atoms with van der Waals surface area (Å²) in [5.74, 6) is 1.68. The number of rotatable bonds is 4. The summed E-state index contributed by atoms with van der Waals surface area (Å²) in [6.45, 7) is 8.52. The lowest BCUT2D eigenvalue weighted by atomic mass is 9.72. The average Bonchev–Trinajstić information content (AvgIpc) is 2.38. The predicted molar refractivity (Wildman–Crippen MR) is 83.3 cm³/mol. The molecular weight excluding hydrogens is 251 g/mol. The summed E-state index contributed by atoms with van der Waals surface area (Å²) in [6.07, 6.45) is 2.36. The molecule has 1 fully saturated rings. The van der Waals surface area contributed by atoms with Gasteiger partial charge in [-0.2, -0.15) is 0 Å². The molecule has 0 aliphatic heterocycles. The van der Waals surface area contributed by atoms with Crippen LogP contribution in [-0.4, -0.2) is 19.1 Å². The molecule has 20 heavy (non-hydrogen) atoms. The van der Waals surface area contributed by atoms with Gasteiger partial charge in [-0.05, 0) is 55.7 Å². The molecule has 0 bridgehead atoms. The maximum Gasteiger partial charge on any atom is 0.125 e. The summed E-state index contributed by atoms with van der Waals surface area (Å²) < 4.78 is 13.4. The fourth-order valence-electron chi connectivity index (χ4n) is 3.63.